The SMILES string of the molecule is CCCCCCCCCCNc1ncccc1C(=N)c1ccccc1OC. The molecule has 0 aliphatic rings. The van der Waals surface area contributed by atoms with Gasteiger partial charge in [0, 0.05) is 23.9 Å². The molecule has 1 aromatic heterocycles. The van der Waals surface area contributed by atoms with E-state index in [-0.39, 0.29) is 0 Å². The normalized spacial score (nSPS) is 10.6. The van der Waals surface area contributed by atoms with E-state index in [2.05, 4.69) is 17.2 Å². The molecule has 1 heterocycles. The number of para-hydroxylation sites is 1. The highest BCUT2D eigenvalue weighted by molar-refractivity contribution is 6.15. The molecule has 2 rings (SSSR count). The lowest BCUT2D eigenvalue weighted by Gasteiger charge is -2.14. The fourth-order valence-electron chi connectivity index (χ4n) is 3.21. The third-order valence-electron chi connectivity index (χ3n) is 4.78. The molecule has 146 valence electrons. The zero-order valence-electron chi connectivity index (χ0n) is 16.8. The van der Waals surface area contributed by atoms with Gasteiger partial charge in [0.25, 0.3) is 0 Å². The standard InChI is InChI=1S/C23H33N3O/c1-3-4-5-6-7-8-9-12-17-25-23-20(15-13-18-26-23)22(24)19-14-10-11-16-21(19)27-2/h10-11,13-16,18,24H,3-9,12,17H2,1-2H3,(H,25,26). The van der Waals surface area contributed by atoms with Crippen molar-refractivity contribution in [3.05, 3.63) is 53.7 Å². The van der Waals surface area contributed by atoms with Crippen LogP contribution in [0.2, 0.25) is 0 Å². The lowest BCUT2D eigenvalue weighted by atomic mass is 10.0. The van der Waals surface area contributed by atoms with Crippen LogP contribution in [0.5, 0.6) is 5.75 Å². The van der Waals surface area contributed by atoms with Crippen LogP contribution in [0.15, 0.2) is 42.6 Å². The Hall–Kier alpha value is -2.36. The van der Waals surface area contributed by atoms with Crippen molar-refractivity contribution in [2.45, 2.75) is 58.3 Å². The largest absolute Gasteiger partial charge is 0.496 e. The van der Waals surface area contributed by atoms with Gasteiger partial charge in [0.15, 0.2) is 0 Å². The second-order valence-electron chi connectivity index (χ2n) is 6.88. The van der Waals surface area contributed by atoms with Gasteiger partial charge in [-0.25, -0.2) is 4.98 Å². The summed E-state index contributed by atoms with van der Waals surface area (Å²) >= 11 is 0. The number of nitrogens with zero attached hydrogens (tertiary/aromatic N) is 1. The lowest BCUT2D eigenvalue weighted by molar-refractivity contribution is 0.414. The average Bonchev–Trinajstić information content (AvgIpc) is 2.72. The molecule has 0 amide bonds. The van der Waals surface area contributed by atoms with E-state index in [1.165, 1.54) is 44.9 Å². The van der Waals surface area contributed by atoms with E-state index in [4.69, 9.17) is 10.1 Å². The van der Waals surface area contributed by atoms with Gasteiger partial charge in [-0.05, 0) is 30.7 Å². The van der Waals surface area contributed by atoms with E-state index >= 15 is 0 Å². The molecule has 0 spiro atoms. The molecule has 0 bridgehead atoms. The quantitative estimate of drug-likeness (QED) is 0.334. The predicted molar refractivity (Wildman–Crippen MR) is 114 cm³/mol. The molecular formula is C23H33N3O. The Morgan fingerprint density at radius 3 is 2.33 bits per heavy atom. The summed E-state index contributed by atoms with van der Waals surface area (Å²) in [5, 5.41) is 12.0. The Bertz CT molecular complexity index is 700. The Labute approximate surface area is 163 Å². The number of hydrogen-bond acceptors (Lipinski definition) is 4. The molecule has 4 heteroatoms. The molecule has 2 N–H and O–H groups in total. The van der Waals surface area contributed by atoms with Gasteiger partial charge in [-0.2, -0.15) is 0 Å². The van der Waals surface area contributed by atoms with Crippen LogP contribution >= 0.6 is 0 Å². The van der Waals surface area contributed by atoms with Gasteiger partial charge in [0.05, 0.1) is 12.8 Å². The first-order valence-electron chi connectivity index (χ1n) is 10.2. The van der Waals surface area contributed by atoms with E-state index in [1.807, 2.05) is 36.4 Å². The van der Waals surface area contributed by atoms with Gasteiger partial charge in [-0.15, -0.1) is 0 Å². The third-order valence-corrected chi connectivity index (χ3v) is 4.78. The molecule has 0 fully saturated rings. The fourth-order valence-corrected chi connectivity index (χ4v) is 3.21. The summed E-state index contributed by atoms with van der Waals surface area (Å²) in [6.45, 7) is 3.14. The van der Waals surface area contributed by atoms with Gasteiger partial charge in [-0.3, -0.25) is 5.41 Å². The summed E-state index contributed by atoms with van der Waals surface area (Å²) < 4.78 is 5.41. The zero-order chi connectivity index (χ0) is 19.3. The van der Waals surface area contributed by atoms with Gasteiger partial charge in [0.1, 0.15) is 11.6 Å². The molecule has 0 saturated carbocycles. The molecule has 0 unspecified atom stereocenters. The van der Waals surface area contributed by atoms with E-state index in [1.54, 1.807) is 13.3 Å². The second-order valence-corrected chi connectivity index (χ2v) is 6.88. The Balaban J connectivity index is 1.86. The molecular weight excluding hydrogens is 334 g/mol. The molecule has 27 heavy (non-hydrogen) atoms. The average molecular weight is 368 g/mol. The number of ether oxygens (including phenoxy) is 1. The van der Waals surface area contributed by atoms with E-state index in [0.29, 0.717) is 11.5 Å². The van der Waals surface area contributed by atoms with Crippen molar-refractivity contribution < 1.29 is 4.74 Å². The molecule has 0 radical (unpaired) electrons. The number of hydrogen-bond donors (Lipinski definition) is 2. The van der Waals surface area contributed by atoms with Gasteiger partial charge in [0.2, 0.25) is 0 Å². The summed E-state index contributed by atoms with van der Waals surface area (Å²) in [6.07, 6.45) is 12.2. The van der Waals surface area contributed by atoms with Crippen LogP contribution in [-0.2, 0) is 0 Å². The predicted octanol–water partition coefficient (Wildman–Crippen LogP) is 6.06. The van der Waals surface area contributed by atoms with Gasteiger partial charge in [-0.1, -0.05) is 64.0 Å². The van der Waals surface area contributed by atoms with Crippen molar-refractivity contribution in [3.8, 4) is 5.75 Å². The first-order valence-corrected chi connectivity index (χ1v) is 10.2. The highest BCUT2D eigenvalue weighted by atomic mass is 16.5. The van der Waals surface area contributed by atoms with E-state index < -0.39 is 0 Å². The van der Waals surface area contributed by atoms with E-state index in [9.17, 15) is 0 Å². The van der Waals surface area contributed by atoms with Crippen LogP contribution in [0.25, 0.3) is 0 Å². The van der Waals surface area contributed by atoms with Crippen molar-refractivity contribution in [1.29, 1.82) is 5.41 Å². The summed E-state index contributed by atoms with van der Waals surface area (Å²) in [5.41, 5.74) is 2.02. The Morgan fingerprint density at radius 1 is 0.926 bits per heavy atom. The van der Waals surface area contributed by atoms with Crippen molar-refractivity contribution in [1.82, 2.24) is 4.98 Å². The van der Waals surface area contributed by atoms with Crippen molar-refractivity contribution in [2.24, 2.45) is 0 Å². The summed E-state index contributed by atoms with van der Waals surface area (Å²) in [4.78, 5) is 4.46. The highest BCUT2D eigenvalue weighted by Crippen LogP contribution is 2.24. The molecule has 0 aliphatic heterocycles. The number of unbranched alkanes of at least 4 members (excludes halogenated alkanes) is 7. The molecule has 0 saturated heterocycles. The van der Waals surface area contributed by atoms with Crippen LogP contribution in [0.1, 0.15) is 69.4 Å². The maximum absolute atomic E-state index is 8.62. The third kappa shape index (κ3) is 6.70. The zero-order valence-corrected chi connectivity index (χ0v) is 16.8. The minimum Gasteiger partial charge on any atom is -0.496 e. The molecule has 1 aromatic carbocycles. The van der Waals surface area contributed by atoms with Crippen LogP contribution < -0.4 is 10.1 Å². The fraction of sp³-hybridized carbons (Fsp3) is 0.478. The number of rotatable bonds is 13. The lowest BCUT2D eigenvalue weighted by Crippen LogP contribution is -2.11. The summed E-state index contributed by atoms with van der Waals surface area (Å²) in [5.74, 6) is 1.48. The minimum absolute atomic E-state index is 0.430. The molecule has 0 atom stereocenters. The number of anilines is 1. The van der Waals surface area contributed by atoms with Crippen LogP contribution in [-0.4, -0.2) is 24.4 Å². The van der Waals surface area contributed by atoms with Crippen molar-refractivity contribution in [3.63, 3.8) is 0 Å². The smallest absolute Gasteiger partial charge is 0.135 e. The number of benzene rings is 1. The maximum atomic E-state index is 8.62. The number of nitrogens with one attached hydrogen (secondary N) is 2. The van der Waals surface area contributed by atoms with Crippen LogP contribution in [0.4, 0.5) is 5.82 Å². The summed E-state index contributed by atoms with van der Waals surface area (Å²) in [7, 11) is 1.64. The van der Waals surface area contributed by atoms with Crippen molar-refractivity contribution >= 4 is 11.5 Å². The second kappa shape index (κ2) is 12.1. The highest BCUT2D eigenvalue weighted by Gasteiger charge is 2.14. The Morgan fingerprint density at radius 2 is 1.59 bits per heavy atom. The van der Waals surface area contributed by atoms with E-state index in [0.717, 1.165) is 29.9 Å². The monoisotopic (exact) mass is 367 g/mol. The molecule has 0 aliphatic carbocycles. The van der Waals surface area contributed by atoms with Crippen molar-refractivity contribution in [2.75, 3.05) is 19.0 Å². The number of aromatic nitrogens is 1. The molecule has 4 nitrogen and oxygen atoms in total. The number of pyridine rings is 1. The number of methoxy groups -OCH3 is 1. The minimum atomic E-state index is 0.430. The van der Waals surface area contributed by atoms with Gasteiger partial charge < -0.3 is 10.1 Å². The molecule has 2 aromatic rings. The van der Waals surface area contributed by atoms with Gasteiger partial charge >= 0.3 is 0 Å². The van der Waals surface area contributed by atoms with Crippen LogP contribution in [0, 0.1) is 5.41 Å². The first kappa shape index (κ1) is 20.9. The Kier molecular flexibility index (Phi) is 9.39. The maximum Gasteiger partial charge on any atom is 0.135 e. The first-order chi connectivity index (χ1) is 13.3. The summed E-state index contributed by atoms with van der Waals surface area (Å²) in [6, 6.07) is 11.5. The van der Waals surface area contributed by atoms with Crippen LogP contribution in [0.3, 0.4) is 0 Å². The topological polar surface area (TPSA) is 58.0 Å².